The first-order chi connectivity index (χ1) is 12.5. The number of hydrogen-bond donors (Lipinski definition) is 0. The summed E-state index contributed by atoms with van der Waals surface area (Å²) in [7, 11) is 4.23. The molecule has 0 amide bonds. The third kappa shape index (κ3) is 3.39. The Morgan fingerprint density at radius 2 is 1.58 bits per heavy atom. The number of hydrazone groups is 1. The van der Waals surface area contributed by atoms with E-state index >= 15 is 0 Å². The quantitative estimate of drug-likeness (QED) is 0.725. The van der Waals surface area contributed by atoms with Crippen LogP contribution in [0.5, 0.6) is 0 Å². The molecular weight excluding hydrogens is 365 g/mol. The van der Waals surface area contributed by atoms with Gasteiger partial charge in [-0.1, -0.05) is 47.5 Å². The Labute approximate surface area is 164 Å². The van der Waals surface area contributed by atoms with Crippen LogP contribution in [0.1, 0.15) is 17.2 Å². The van der Waals surface area contributed by atoms with Crippen LogP contribution in [0.3, 0.4) is 0 Å². The van der Waals surface area contributed by atoms with Gasteiger partial charge in [0.15, 0.2) is 0 Å². The molecule has 2 atom stereocenters. The molecule has 1 fully saturated rings. The van der Waals surface area contributed by atoms with Gasteiger partial charge in [0, 0.05) is 36.1 Å². The van der Waals surface area contributed by atoms with Crippen molar-refractivity contribution in [3.63, 3.8) is 0 Å². The van der Waals surface area contributed by atoms with Gasteiger partial charge >= 0.3 is 0 Å². The molecule has 0 aromatic heterocycles. The summed E-state index contributed by atoms with van der Waals surface area (Å²) in [5.41, 5.74) is 4.87. The van der Waals surface area contributed by atoms with Gasteiger partial charge in [-0.05, 0) is 54.1 Å². The van der Waals surface area contributed by atoms with Crippen LogP contribution in [-0.2, 0) is 0 Å². The molecule has 0 spiro atoms. The largest absolute Gasteiger partial charge is 0.301 e. The van der Waals surface area contributed by atoms with Gasteiger partial charge < -0.3 is 4.90 Å². The van der Waals surface area contributed by atoms with Crippen molar-refractivity contribution in [1.82, 2.24) is 9.91 Å². The van der Waals surface area contributed by atoms with E-state index < -0.39 is 0 Å². The maximum absolute atomic E-state index is 6.07. The lowest BCUT2D eigenvalue weighted by atomic mass is 9.83. The molecule has 2 aliphatic heterocycles. The molecule has 0 aliphatic carbocycles. The second kappa shape index (κ2) is 7.07. The predicted octanol–water partition coefficient (Wildman–Crippen LogP) is 4.98. The van der Waals surface area contributed by atoms with Crippen molar-refractivity contribution in [2.24, 2.45) is 11.0 Å². The molecule has 134 valence electrons. The maximum atomic E-state index is 6.07. The van der Waals surface area contributed by atoms with E-state index in [1.807, 2.05) is 24.3 Å². The number of fused-ring (bicyclic) bond motifs is 1. The molecule has 2 unspecified atom stereocenters. The first-order valence-electron chi connectivity index (χ1n) is 8.73. The molecule has 2 aromatic carbocycles. The summed E-state index contributed by atoms with van der Waals surface area (Å²) < 4.78 is 0. The number of nitrogens with zero attached hydrogens (tertiary/aromatic N) is 3. The van der Waals surface area contributed by atoms with Crippen molar-refractivity contribution in [1.29, 1.82) is 0 Å². The number of piperidine rings is 1. The average Bonchev–Trinajstić information content (AvgIpc) is 2.94. The van der Waals surface area contributed by atoms with Gasteiger partial charge in [0.1, 0.15) is 0 Å². The SMILES string of the molecule is CN1C/C(=C\c2ccc(Cl)cc2)C2=NN(C)C(c3ccc(Cl)cc3)C2C1. The summed E-state index contributed by atoms with van der Waals surface area (Å²) >= 11 is 12.1. The monoisotopic (exact) mass is 385 g/mol. The van der Waals surface area contributed by atoms with E-state index in [-0.39, 0.29) is 6.04 Å². The number of halogens is 2. The molecule has 3 nitrogen and oxygen atoms in total. The van der Waals surface area contributed by atoms with Crippen LogP contribution in [0, 0.1) is 5.92 Å². The van der Waals surface area contributed by atoms with E-state index in [0.717, 1.165) is 28.7 Å². The lowest BCUT2D eigenvalue weighted by Crippen LogP contribution is -2.41. The normalized spacial score (nSPS) is 24.7. The molecule has 2 heterocycles. The van der Waals surface area contributed by atoms with E-state index in [1.54, 1.807) is 0 Å². The Hall–Kier alpha value is -1.81. The number of rotatable bonds is 2. The zero-order valence-corrected chi connectivity index (χ0v) is 16.4. The smallest absolute Gasteiger partial charge is 0.0813 e. The number of likely N-dealkylation sites (N-methyl/N-ethyl adjacent to an activating group) is 1. The molecule has 0 bridgehead atoms. The molecular formula is C21H21Cl2N3. The second-order valence-corrected chi connectivity index (χ2v) is 7.95. The van der Waals surface area contributed by atoms with Crippen molar-refractivity contribution in [3.8, 4) is 0 Å². The van der Waals surface area contributed by atoms with Crippen LogP contribution >= 0.6 is 23.2 Å². The van der Waals surface area contributed by atoms with Crippen LogP contribution < -0.4 is 0 Å². The Kier molecular flexibility index (Phi) is 4.78. The topological polar surface area (TPSA) is 18.8 Å². The third-order valence-electron chi connectivity index (χ3n) is 5.10. The molecule has 0 N–H and O–H groups in total. The standard InChI is InChI=1S/C21H21Cl2N3/c1-25-12-16(11-14-3-7-17(22)8-4-14)20-19(13-25)21(26(2)24-20)15-5-9-18(23)10-6-15/h3-11,19,21H,12-13H2,1-2H3/b16-11+. The highest BCUT2D eigenvalue weighted by Crippen LogP contribution is 2.39. The number of benzene rings is 2. The Morgan fingerprint density at radius 3 is 2.23 bits per heavy atom. The zero-order valence-electron chi connectivity index (χ0n) is 14.9. The van der Waals surface area contributed by atoms with Gasteiger partial charge in [-0.2, -0.15) is 5.10 Å². The molecule has 0 saturated carbocycles. The predicted molar refractivity (Wildman–Crippen MR) is 110 cm³/mol. The summed E-state index contributed by atoms with van der Waals surface area (Å²) in [5, 5.41) is 8.53. The van der Waals surface area contributed by atoms with E-state index in [9.17, 15) is 0 Å². The lowest BCUT2D eigenvalue weighted by molar-refractivity contribution is 0.211. The summed E-state index contributed by atoms with van der Waals surface area (Å²) in [6.07, 6.45) is 2.23. The van der Waals surface area contributed by atoms with Crippen LogP contribution in [0.4, 0.5) is 0 Å². The van der Waals surface area contributed by atoms with Crippen LogP contribution in [0.25, 0.3) is 6.08 Å². The number of hydrogen-bond acceptors (Lipinski definition) is 3. The third-order valence-corrected chi connectivity index (χ3v) is 5.60. The summed E-state index contributed by atoms with van der Waals surface area (Å²) in [5.74, 6) is 0.346. The van der Waals surface area contributed by atoms with Gasteiger partial charge in [-0.25, -0.2) is 0 Å². The van der Waals surface area contributed by atoms with Gasteiger partial charge in [0.25, 0.3) is 0 Å². The zero-order chi connectivity index (χ0) is 18.3. The Balaban J connectivity index is 1.68. The van der Waals surface area contributed by atoms with Crippen molar-refractivity contribution < 1.29 is 0 Å². The molecule has 26 heavy (non-hydrogen) atoms. The Morgan fingerprint density at radius 1 is 0.962 bits per heavy atom. The summed E-state index contributed by atoms with van der Waals surface area (Å²) in [4.78, 5) is 2.37. The molecule has 2 aromatic rings. The second-order valence-electron chi connectivity index (χ2n) is 7.08. The molecule has 0 radical (unpaired) electrons. The summed E-state index contributed by atoms with van der Waals surface area (Å²) in [6, 6.07) is 16.3. The highest BCUT2D eigenvalue weighted by Gasteiger charge is 2.41. The minimum Gasteiger partial charge on any atom is -0.301 e. The molecule has 4 rings (SSSR count). The van der Waals surface area contributed by atoms with Crippen molar-refractivity contribution in [3.05, 3.63) is 75.3 Å². The van der Waals surface area contributed by atoms with Crippen LogP contribution in [0.2, 0.25) is 10.0 Å². The summed E-state index contributed by atoms with van der Waals surface area (Å²) in [6.45, 7) is 1.90. The average molecular weight is 386 g/mol. The molecule has 2 aliphatic rings. The first kappa shape index (κ1) is 17.6. The van der Waals surface area contributed by atoms with E-state index in [0.29, 0.717) is 5.92 Å². The van der Waals surface area contributed by atoms with Crippen molar-refractivity contribution in [2.75, 3.05) is 27.2 Å². The molecule has 1 saturated heterocycles. The number of likely N-dealkylation sites (tertiary alicyclic amines) is 1. The fraction of sp³-hybridized carbons (Fsp3) is 0.286. The van der Waals surface area contributed by atoms with Gasteiger partial charge in [0.2, 0.25) is 0 Å². The minimum absolute atomic E-state index is 0.235. The molecule has 5 heteroatoms. The highest BCUT2D eigenvalue weighted by atomic mass is 35.5. The van der Waals surface area contributed by atoms with E-state index in [1.165, 1.54) is 16.8 Å². The van der Waals surface area contributed by atoms with E-state index in [2.05, 4.69) is 54.3 Å². The van der Waals surface area contributed by atoms with Crippen molar-refractivity contribution >= 4 is 35.0 Å². The fourth-order valence-electron chi connectivity index (χ4n) is 3.96. The fourth-order valence-corrected chi connectivity index (χ4v) is 4.22. The van der Waals surface area contributed by atoms with Crippen molar-refractivity contribution in [2.45, 2.75) is 6.04 Å². The van der Waals surface area contributed by atoms with Crippen LogP contribution in [-0.4, -0.2) is 42.8 Å². The maximum Gasteiger partial charge on any atom is 0.0813 e. The van der Waals surface area contributed by atoms with E-state index in [4.69, 9.17) is 28.3 Å². The van der Waals surface area contributed by atoms with Gasteiger partial charge in [0.05, 0.1) is 11.8 Å². The highest BCUT2D eigenvalue weighted by molar-refractivity contribution is 6.30. The minimum atomic E-state index is 0.235. The van der Waals surface area contributed by atoms with Gasteiger partial charge in [-0.15, -0.1) is 0 Å². The van der Waals surface area contributed by atoms with Gasteiger partial charge in [-0.3, -0.25) is 5.01 Å². The first-order valence-corrected chi connectivity index (χ1v) is 9.49. The van der Waals surface area contributed by atoms with Crippen LogP contribution in [0.15, 0.2) is 59.2 Å². The Bertz CT molecular complexity index is 856. The lowest BCUT2D eigenvalue weighted by Gasteiger charge is -2.34.